The Kier molecular flexibility index (Phi) is 4.35. The minimum atomic E-state index is -4.62. The van der Waals surface area contributed by atoms with Crippen molar-refractivity contribution in [3.05, 3.63) is 34.9 Å². The maximum Gasteiger partial charge on any atom is 0.416 e. The maximum absolute atomic E-state index is 13.1. The van der Waals surface area contributed by atoms with Gasteiger partial charge in [-0.3, -0.25) is 4.79 Å². The number of anilines is 1. The highest BCUT2D eigenvalue weighted by molar-refractivity contribution is 6.07. The van der Waals surface area contributed by atoms with Crippen LogP contribution in [0.15, 0.2) is 18.2 Å². The number of aromatic nitrogens is 1. The number of carbonyl (C=O) groups excluding carboxylic acids is 1. The summed E-state index contributed by atoms with van der Waals surface area (Å²) in [7, 11) is 0. The number of ether oxygens (including phenoxy) is 1. The molecule has 8 heteroatoms. The molecule has 0 unspecified atom stereocenters. The Bertz CT molecular complexity index is 881. The summed E-state index contributed by atoms with van der Waals surface area (Å²) in [6, 6.07) is 5.04. The molecular formula is C17H14F3N3O2. The maximum atomic E-state index is 13.1. The molecule has 1 aromatic heterocycles. The Morgan fingerprint density at radius 1 is 1.28 bits per heavy atom. The van der Waals surface area contributed by atoms with Crippen LogP contribution in [0, 0.1) is 11.3 Å². The highest BCUT2D eigenvalue weighted by Gasteiger charge is 2.32. The summed E-state index contributed by atoms with van der Waals surface area (Å²) in [5, 5.41) is 9.42. The molecule has 1 fully saturated rings. The lowest BCUT2D eigenvalue weighted by molar-refractivity contribution is -0.137. The summed E-state index contributed by atoms with van der Waals surface area (Å²) < 4.78 is 44.7. The number of morpholine rings is 1. The second kappa shape index (κ2) is 6.33. The van der Waals surface area contributed by atoms with Gasteiger partial charge in [0.15, 0.2) is 5.78 Å². The molecule has 25 heavy (non-hydrogen) atoms. The molecule has 0 aliphatic carbocycles. The van der Waals surface area contributed by atoms with Gasteiger partial charge in [-0.05, 0) is 25.1 Å². The van der Waals surface area contributed by atoms with E-state index in [1.165, 1.54) is 13.0 Å². The first-order valence-electron chi connectivity index (χ1n) is 7.61. The van der Waals surface area contributed by atoms with Gasteiger partial charge in [0.25, 0.3) is 0 Å². The quantitative estimate of drug-likeness (QED) is 0.779. The van der Waals surface area contributed by atoms with Crippen molar-refractivity contribution >= 4 is 22.5 Å². The van der Waals surface area contributed by atoms with Crippen LogP contribution in [-0.4, -0.2) is 37.1 Å². The molecule has 0 bridgehead atoms. The molecule has 2 aromatic rings. The molecule has 2 heterocycles. The minimum Gasteiger partial charge on any atom is -0.378 e. The molecule has 130 valence electrons. The molecule has 0 N–H and O–H groups in total. The van der Waals surface area contributed by atoms with E-state index in [4.69, 9.17) is 4.74 Å². The zero-order valence-corrected chi connectivity index (χ0v) is 13.4. The van der Waals surface area contributed by atoms with Crippen LogP contribution >= 0.6 is 0 Å². The molecular weight excluding hydrogens is 335 g/mol. The smallest absolute Gasteiger partial charge is 0.378 e. The van der Waals surface area contributed by atoms with Crippen LogP contribution in [0.25, 0.3) is 10.9 Å². The van der Waals surface area contributed by atoms with Crippen molar-refractivity contribution in [3.63, 3.8) is 0 Å². The average molecular weight is 349 g/mol. The molecule has 0 radical (unpaired) electrons. The zero-order valence-electron chi connectivity index (χ0n) is 13.4. The van der Waals surface area contributed by atoms with Crippen molar-refractivity contribution in [2.24, 2.45) is 0 Å². The van der Waals surface area contributed by atoms with E-state index < -0.39 is 17.5 Å². The van der Waals surface area contributed by atoms with Crippen LogP contribution in [0.5, 0.6) is 0 Å². The number of rotatable bonds is 2. The number of hydrogen-bond donors (Lipinski definition) is 0. The van der Waals surface area contributed by atoms with Gasteiger partial charge in [-0.15, -0.1) is 0 Å². The number of pyridine rings is 1. The molecule has 0 amide bonds. The summed E-state index contributed by atoms with van der Waals surface area (Å²) >= 11 is 0. The van der Waals surface area contributed by atoms with E-state index in [2.05, 4.69) is 4.98 Å². The SMILES string of the molecule is CC(=O)c1cc(C(F)(F)F)cc2c(C#N)cc(N3CCOCC3)nc12. The summed E-state index contributed by atoms with van der Waals surface area (Å²) in [5.41, 5.74) is -0.944. The fourth-order valence-electron chi connectivity index (χ4n) is 2.79. The average Bonchev–Trinajstić information content (AvgIpc) is 2.59. The number of hydrogen-bond acceptors (Lipinski definition) is 5. The van der Waals surface area contributed by atoms with Crippen LogP contribution in [0.1, 0.15) is 28.4 Å². The number of fused-ring (bicyclic) bond motifs is 1. The second-order valence-electron chi connectivity index (χ2n) is 5.71. The predicted molar refractivity (Wildman–Crippen MR) is 84.5 cm³/mol. The third kappa shape index (κ3) is 3.28. The Labute approximate surface area is 141 Å². The molecule has 5 nitrogen and oxygen atoms in total. The molecule has 1 aliphatic rings. The summed E-state index contributed by atoms with van der Waals surface area (Å²) in [4.78, 5) is 18.2. The largest absolute Gasteiger partial charge is 0.416 e. The number of carbonyl (C=O) groups is 1. The first-order chi connectivity index (χ1) is 11.8. The van der Waals surface area contributed by atoms with E-state index in [0.717, 1.165) is 12.1 Å². The fraction of sp³-hybridized carbons (Fsp3) is 0.353. The normalized spacial score (nSPS) is 15.2. The van der Waals surface area contributed by atoms with E-state index >= 15 is 0 Å². The lowest BCUT2D eigenvalue weighted by Gasteiger charge is -2.28. The molecule has 3 rings (SSSR count). The van der Waals surface area contributed by atoms with Crippen molar-refractivity contribution in [2.45, 2.75) is 13.1 Å². The number of nitrogens with zero attached hydrogens (tertiary/aromatic N) is 3. The van der Waals surface area contributed by atoms with Gasteiger partial charge >= 0.3 is 6.18 Å². The number of nitriles is 1. The van der Waals surface area contributed by atoms with E-state index in [9.17, 15) is 23.2 Å². The van der Waals surface area contributed by atoms with E-state index in [1.807, 2.05) is 11.0 Å². The first kappa shape index (κ1) is 17.2. The summed E-state index contributed by atoms with van der Waals surface area (Å²) in [6.07, 6.45) is -4.62. The van der Waals surface area contributed by atoms with Crippen LogP contribution in [0.2, 0.25) is 0 Å². The Morgan fingerprint density at radius 2 is 1.96 bits per heavy atom. The Hall–Kier alpha value is -2.66. The van der Waals surface area contributed by atoms with Gasteiger partial charge in [0.1, 0.15) is 5.82 Å². The second-order valence-corrected chi connectivity index (χ2v) is 5.71. The van der Waals surface area contributed by atoms with Crippen LogP contribution in [0.3, 0.4) is 0 Å². The van der Waals surface area contributed by atoms with Gasteiger partial charge in [0.2, 0.25) is 0 Å². The lowest BCUT2D eigenvalue weighted by Crippen LogP contribution is -2.36. The first-order valence-corrected chi connectivity index (χ1v) is 7.61. The summed E-state index contributed by atoms with van der Waals surface area (Å²) in [6.45, 7) is 3.28. The Balaban J connectivity index is 2.28. The van der Waals surface area contributed by atoms with Crippen LogP contribution in [-0.2, 0) is 10.9 Å². The standard InChI is InChI=1S/C17H14F3N3O2/c1-10(24)13-7-12(17(18,19)20)8-14-11(9-21)6-15(22-16(13)14)23-2-4-25-5-3-23/h6-8H,2-5H2,1H3. The van der Waals surface area contributed by atoms with Crippen molar-refractivity contribution in [2.75, 3.05) is 31.2 Å². The van der Waals surface area contributed by atoms with Gasteiger partial charge in [0, 0.05) is 24.0 Å². The van der Waals surface area contributed by atoms with E-state index in [0.29, 0.717) is 32.1 Å². The van der Waals surface area contributed by atoms with E-state index in [1.54, 1.807) is 0 Å². The zero-order chi connectivity index (χ0) is 18.2. The number of benzene rings is 1. The molecule has 0 spiro atoms. The lowest BCUT2D eigenvalue weighted by atomic mass is 9.99. The molecule has 1 aliphatic heterocycles. The van der Waals surface area contributed by atoms with Gasteiger partial charge in [0.05, 0.1) is 35.9 Å². The molecule has 0 saturated carbocycles. The number of Topliss-reactive ketones (excluding diaryl/α,β-unsaturated/α-hetero) is 1. The van der Waals surface area contributed by atoms with Gasteiger partial charge in [-0.25, -0.2) is 4.98 Å². The van der Waals surface area contributed by atoms with Crippen molar-refractivity contribution in [1.29, 1.82) is 5.26 Å². The van der Waals surface area contributed by atoms with Crippen molar-refractivity contribution in [1.82, 2.24) is 4.98 Å². The van der Waals surface area contributed by atoms with Crippen molar-refractivity contribution in [3.8, 4) is 6.07 Å². The third-order valence-corrected chi connectivity index (χ3v) is 4.06. The van der Waals surface area contributed by atoms with Crippen molar-refractivity contribution < 1.29 is 22.7 Å². The van der Waals surface area contributed by atoms with Gasteiger partial charge < -0.3 is 9.64 Å². The highest BCUT2D eigenvalue weighted by Crippen LogP contribution is 2.35. The number of halogens is 3. The highest BCUT2D eigenvalue weighted by atomic mass is 19.4. The van der Waals surface area contributed by atoms with Gasteiger partial charge in [-0.1, -0.05) is 0 Å². The predicted octanol–water partition coefficient (Wildman–Crippen LogP) is 3.16. The van der Waals surface area contributed by atoms with Gasteiger partial charge in [-0.2, -0.15) is 18.4 Å². The van der Waals surface area contributed by atoms with Crippen LogP contribution < -0.4 is 4.90 Å². The fourth-order valence-corrected chi connectivity index (χ4v) is 2.79. The minimum absolute atomic E-state index is 0.0273. The molecule has 1 saturated heterocycles. The van der Waals surface area contributed by atoms with Crippen LogP contribution in [0.4, 0.5) is 19.0 Å². The van der Waals surface area contributed by atoms with E-state index in [-0.39, 0.29) is 22.0 Å². The monoisotopic (exact) mass is 349 g/mol. The number of alkyl halides is 3. The Morgan fingerprint density at radius 3 is 2.52 bits per heavy atom. The topological polar surface area (TPSA) is 66.2 Å². The third-order valence-electron chi connectivity index (χ3n) is 4.06. The molecule has 1 aromatic carbocycles. The molecule has 0 atom stereocenters. The number of ketones is 1. The summed E-state index contributed by atoms with van der Waals surface area (Å²) in [5.74, 6) is -0.0822.